The summed E-state index contributed by atoms with van der Waals surface area (Å²) in [4.78, 5) is 24.7. The number of carboxylic acids is 1. The molecular weight excluding hydrogens is 234 g/mol. The fraction of sp³-hybridized carbons (Fsp3) is 0.846. The Morgan fingerprint density at radius 1 is 1.17 bits per heavy atom. The van der Waals surface area contributed by atoms with Crippen molar-refractivity contribution in [1.29, 1.82) is 0 Å². The van der Waals surface area contributed by atoms with Crippen LogP contribution in [0.4, 0.5) is 4.79 Å². The largest absolute Gasteiger partial charge is 0.480 e. The zero-order valence-corrected chi connectivity index (χ0v) is 11.4. The second kappa shape index (κ2) is 6.07. The molecule has 1 amide bonds. The first kappa shape index (κ1) is 14.8. The molecule has 5 nitrogen and oxygen atoms in total. The van der Waals surface area contributed by atoms with Crippen LogP contribution < -0.4 is 0 Å². The van der Waals surface area contributed by atoms with Gasteiger partial charge >= 0.3 is 12.1 Å². The van der Waals surface area contributed by atoms with Crippen molar-refractivity contribution in [3.8, 4) is 0 Å². The third-order valence-electron chi connectivity index (χ3n) is 2.92. The van der Waals surface area contributed by atoms with Crippen molar-refractivity contribution >= 4 is 12.1 Å². The molecule has 0 bridgehead atoms. The fourth-order valence-corrected chi connectivity index (χ4v) is 2.08. The first-order chi connectivity index (χ1) is 8.31. The second-order valence-electron chi connectivity index (χ2n) is 5.73. The maximum atomic E-state index is 12.0. The van der Waals surface area contributed by atoms with E-state index >= 15 is 0 Å². The number of rotatable bonds is 1. The maximum absolute atomic E-state index is 12.0. The van der Waals surface area contributed by atoms with Crippen molar-refractivity contribution in [2.24, 2.45) is 0 Å². The summed E-state index contributed by atoms with van der Waals surface area (Å²) in [5.41, 5.74) is -0.595. The number of nitrogens with zero attached hydrogens (tertiary/aromatic N) is 1. The van der Waals surface area contributed by atoms with Crippen molar-refractivity contribution in [3.05, 3.63) is 0 Å². The van der Waals surface area contributed by atoms with Crippen LogP contribution in [0, 0.1) is 0 Å². The monoisotopic (exact) mass is 257 g/mol. The van der Waals surface area contributed by atoms with Gasteiger partial charge in [0.05, 0.1) is 0 Å². The van der Waals surface area contributed by atoms with E-state index in [9.17, 15) is 14.7 Å². The molecule has 18 heavy (non-hydrogen) atoms. The molecule has 1 heterocycles. The Balaban J connectivity index is 2.77. The Hall–Kier alpha value is -1.26. The van der Waals surface area contributed by atoms with E-state index in [1.54, 1.807) is 20.8 Å². The Morgan fingerprint density at radius 2 is 1.78 bits per heavy atom. The molecule has 0 spiro atoms. The number of carbonyl (C=O) groups is 2. The van der Waals surface area contributed by atoms with Gasteiger partial charge in [-0.1, -0.05) is 19.3 Å². The van der Waals surface area contributed by atoms with Crippen LogP contribution in [0.25, 0.3) is 0 Å². The minimum Gasteiger partial charge on any atom is -0.480 e. The van der Waals surface area contributed by atoms with Crippen molar-refractivity contribution in [1.82, 2.24) is 4.90 Å². The third kappa shape index (κ3) is 4.55. The minimum absolute atomic E-state index is 0.464. The molecular formula is C13H23NO4. The van der Waals surface area contributed by atoms with Crippen molar-refractivity contribution in [2.75, 3.05) is 6.54 Å². The summed E-state index contributed by atoms with van der Waals surface area (Å²) < 4.78 is 5.28. The molecule has 1 saturated heterocycles. The van der Waals surface area contributed by atoms with Crippen LogP contribution in [0.15, 0.2) is 0 Å². The predicted octanol–water partition coefficient (Wildman–Crippen LogP) is 2.64. The highest BCUT2D eigenvalue weighted by Crippen LogP contribution is 2.20. The lowest BCUT2D eigenvalue weighted by Gasteiger charge is -2.32. The Bertz CT molecular complexity index is 309. The van der Waals surface area contributed by atoms with Gasteiger partial charge in [-0.2, -0.15) is 0 Å². The molecule has 0 unspecified atom stereocenters. The lowest BCUT2D eigenvalue weighted by Crippen LogP contribution is -2.48. The number of ether oxygens (including phenoxy) is 1. The summed E-state index contributed by atoms with van der Waals surface area (Å²) >= 11 is 0. The van der Waals surface area contributed by atoms with E-state index in [0.717, 1.165) is 25.7 Å². The van der Waals surface area contributed by atoms with Gasteiger partial charge in [-0.3, -0.25) is 4.90 Å². The molecule has 0 aliphatic carbocycles. The highest BCUT2D eigenvalue weighted by atomic mass is 16.6. The van der Waals surface area contributed by atoms with Crippen LogP contribution in [0.5, 0.6) is 0 Å². The average Bonchev–Trinajstić information content (AvgIpc) is 2.12. The molecule has 0 aromatic carbocycles. The van der Waals surface area contributed by atoms with Gasteiger partial charge in [0.15, 0.2) is 0 Å². The lowest BCUT2D eigenvalue weighted by atomic mass is 10.0. The van der Waals surface area contributed by atoms with Crippen LogP contribution in [0.1, 0.15) is 52.9 Å². The topological polar surface area (TPSA) is 66.8 Å². The molecule has 1 rings (SSSR count). The molecule has 0 aromatic rings. The number of carboxylic acid groups (broad SMARTS) is 1. The highest BCUT2D eigenvalue weighted by molar-refractivity contribution is 5.80. The van der Waals surface area contributed by atoms with E-state index in [0.29, 0.717) is 13.0 Å². The Labute approximate surface area is 108 Å². The van der Waals surface area contributed by atoms with E-state index in [4.69, 9.17) is 4.74 Å². The Morgan fingerprint density at radius 3 is 2.33 bits per heavy atom. The molecule has 1 aliphatic rings. The van der Waals surface area contributed by atoms with Gasteiger partial charge in [0, 0.05) is 6.54 Å². The number of aliphatic carboxylic acids is 1. The van der Waals surface area contributed by atoms with Gasteiger partial charge < -0.3 is 9.84 Å². The van der Waals surface area contributed by atoms with Crippen molar-refractivity contribution < 1.29 is 19.4 Å². The van der Waals surface area contributed by atoms with Gasteiger partial charge in [-0.05, 0) is 33.6 Å². The minimum atomic E-state index is -0.942. The molecule has 0 aromatic heterocycles. The standard InChI is InChI=1S/C13H23NO4/c1-13(2,3)18-12(17)14-9-7-5-4-6-8-10(14)11(15)16/h10H,4-9H2,1-3H3,(H,15,16)/t10-/m0/s1. The van der Waals surface area contributed by atoms with Crippen molar-refractivity contribution in [2.45, 2.75) is 64.5 Å². The van der Waals surface area contributed by atoms with Crippen LogP contribution in [-0.2, 0) is 9.53 Å². The summed E-state index contributed by atoms with van der Waals surface area (Å²) in [6.45, 7) is 5.81. The van der Waals surface area contributed by atoms with E-state index < -0.39 is 23.7 Å². The maximum Gasteiger partial charge on any atom is 0.411 e. The first-order valence-corrected chi connectivity index (χ1v) is 6.54. The van der Waals surface area contributed by atoms with Gasteiger partial charge in [-0.25, -0.2) is 9.59 Å². The molecule has 1 atom stereocenters. The van der Waals surface area contributed by atoms with Crippen LogP contribution in [0.3, 0.4) is 0 Å². The normalized spacial score (nSPS) is 21.9. The summed E-state index contributed by atoms with van der Waals surface area (Å²) in [7, 11) is 0. The van der Waals surface area contributed by atoms with E-state index in [1.807, 2.05) is 0 Å². The highest BCUT2D eigenvalue weighted by Gasteiger charge is 2.32. The number of amides is 1. The number of carbonyl (C=O) groups excluding carboxylic acids is 1. The second-order valence-corrected chi connectivity index (χ2v) is 5.73. The van der Waals surface area contributed by atoms with E-state index in [-0.39, 0.29) is 0 Å². The summed E-state index contributed by atoms with van der Waals surface area (Å²) in [6.07, 6.45) is 3.74. The Kier molecular flexibility index (Phi) is 4.99. The number of hydrogen-bond acceptors (Lipinski definition) is 3. The van der Waals surface area contributed by atoms with Crippen LogP contribution >= 0.6 is 0 Å². The average molecular weight is 257 g/mol. The number of likely N-dealkylation sites (tertiary alicyclic amines) is 1. The van der Waals surface area contributed by atoms with Gasteiger partial charge in [-0.15, -0.1) is 0 Å². The molecule has 0 radical (unpaired) electrons. The van der Waals surface area contributed by atoms with E-state index in [2.05, 4.69) is 0 Å². The number of hydrogen-bond donors (Lipinski definition) is 1. The summed E-state index contributed by atoms with van der Waals surface area (Å²) in [5, 5.41) is 9.22. The zero-order valence-electron chi connectivity index (χ0n) is 11.4. The quantitative estimate of drug-likeness (QED) is 0.784. The van der Waals surface area contributed by atoms with Crippen LogP contribution in [-0.4, -0.2) is 40.3 Å². The lowest BCUT2D eigenvalue weighted by molar-refractivity contribution is -0.143. The summed E-state index contributed by atoms with van der Waals surface area (Å²) in [6, 6.07) is -0.750. The molecule has 1 N–H and O–H groups in total. The third-order valence-corrected chi connectivity index (χ3v) is 2.92. The smallest absolute Gasteiger partial charge is 0.411 e. The van der Waals surface area contributed by atoms with E-state index in [1.165, 1.54) is 4.90 Å². The summed E-state index contributed by atoms with van der Waals surface area (Å²) in [5.74, 6) is -0.942. The van der Waals surface area contributed by atoms with Gasteiger partial charge in [0.2, 0.25) is 0 Å². The SMILES string of the molecule is CC(C)(C)OC(=O)N1CCCCCC[C@H]1C(=O)O. The van der Waals surface area contributed by atoms with Gasteiger partial charge in [0.1, 0.15) is 11.6 Å². The van der Waals surface area contributed by atoms with Crippen LogP contribution in [0.2, 0.25) is 0 Å². The predicted molar refractivity (Wildman–Crippen MR) is 67.4 cm³/mol. The molecule has 1 aliphatic heterocycles. The van der Waals surface area contributed by atoms with Crippen molar-refractivity contribution in [3.63, 3.8) is 0 Å². The fourth-order valence-electron chi connectivity index (χ4n) is 2.08. The molecule has 104 valence electrons. The molecule has 1 fully saturated rings. The van der Waals surface area contributed by atoms with Gasteiger partial charge in [0.25, 0.3) is 0 Å². The molecule has 0 saturated carbocycles. The first-order valence-electron chi connectivity index (χ1n) is 6.54. The molecule has 5 heteroatoms. The zero-order chi connectivity index (χ0) is 13.8.